The van der Waals surface area contributed by atoms with Crippen LogP contribution in [0.2, 0.25) is 0 Å². The van der Waals surface area contributed by atoms with E-state index in [0.29, 0.717) is 16.9 Å². The molecule has 2 heteroatoms. The summed E-state index contributed by atoms with van der Waals surface area (Å²) >= 11 is 0. The molecule has 3 saturated carbocycles. The Morgan fingerprint density at radius 1 is 0.861 bits per heavy atom. The van der Waals surface area contributed by atoms with Crippen molar-refractivity contribution in [2.24, 2.45) is 46.3 Å². The van der Waals surface area contributed by atoms with E-state index in [4.69, 9.17) is 9.47 Å². The molecule has 0 saturated heterocycles. The Morgan fingerprint density at radius 3 is 2.39 bits per heavy atom. The third kappa shape index (κ3) is 6.11. The van der Waals surface area contributed by atoms with Gasteiger partial charge in [0.25, 0.3) is 0 Å². The van der Waals surface area contributed by atoms with Crippen LogP contribution in [0.25, 0.3) is 0 Å². The summed E-state index contributed by atoms with van der Waals surface area (Å²) in [5.74, 6) is 5.56. The molecule has 208 valence electrons. The highest BCUT2D eigenvalue weighted by atomic mass is 16.5. The molecule has 0 N–H and O–H groups in total. The summed E-state index contributed by atoms with van der Waals surface area (Å²) in [4.78, 5) is 0. The smallest absolute Gasteiger partial charge is 0.0612 e. The summed E-state index contributed by atoms with van der Waals surface area (Å²) in [6.45, 7) is 14.6. The predicted octanol–water partition coefficient (Wildman–Crippen LogP) is 9.62. The van der Waals surface area contributed by atoms with Crippen LogP contribution in [0.4, 0.5) is 0 Å². The molecule has 0 heterocycles. The van der Waals surface area contributed by atoms with Gasteiger partial charge >= 0.3 is 0 Å². The average Bonchev–Trinajstić information content (AvgIpc) is 3.20. The van der Waals surface area contributed by atoms with Gasteiger partial charge in [-0.05, 0) is 111 Å². The van der Waals surface area contributed by atoms with Crippen molar-refractivity contribution >= 4 is 0 Å². The lowest BCUT2D eigenvalue weighted by Gasteiger charge is -2.58. The van der Waals surface area contributed by atoms with Gasteiger partial charge in [0.2, 0.25) is 0 Å². The third-order valence-electron chi connectivity index (χ3n) is 11.9. The van der Waals surface area contributed by atoms with Gasteiger partial charge in [-0.2, -0.15) is 0 Å². The van der Waals surface area contributed by atoms with Gasteiger partial charge in [0.1, 0.15) is 0 Å². The Bertz CT molecular complexity index is 712. The number of hydrogen-bond donors (Lipinski definition) is 0. The van der Waals surface area contributed by atoms with Crippen LogP contribution in [0.1, 0.15) is 131 Å². The van der Waals surface area contributed by atoms with Crippen LogP contribution in [0.5, 0.6) is 0 Å². The second-order valence-electron chi connectivity index (χ2n) is 14.4. The topological polar surface area (TPSA) is 18.5 Å². The minimum atomic E-state index is 0.450. The molecule has 0 aromatic carbocycles. The number of hydrogen-bond acceptors (Lipinski definition) is 2. The lowest BCUT2D eigenvalue weighted by atomic mass is 9.47. The van der Waals surface area contributed by atoms with E-state index in [1.807, 2.05) is 0 Å². The molecular weight excluding hydrogens is 440 g/mol. The molecule has 2 nitrogen and oxygen atoms in total. The van der Waals surface area contributed by atoms with Crippen LogP contribution in [-0.2, 0) is 9.47 Å². The van der Waals surface area contributed by atoms with Crippen molar-refractivity contribution in [1.29, 1.82) is 0 Å². The summed E-state index contributed by atoms with van der Waals surface area (Å²) < 4.78 is 11.6. The molecule has 3 fully saturated rings. The zero-order valence-electron chi connectivity index (χ0n) is 25.0. The predicted molar refractivity (Wildman–Crippen MR) is 153 cm³/mol. The minimum absolute atomic E-state index is 0.450. The fraction of sp³-hybridized carbons (Fsp3) is 0.941. The van der Waals surface area contributed by atoms with Crippen molar-refractivity contribution in [2.75, 3.05) is 20.3 Å². The lowest BCUT2D eigenvalue weighted by molar-refractivity contribution is -0.0641. The van der Waals surface area contributed by atoms with Gasteiger partial charge in [0.05, 0.1) is 6.10 Å². The Kier molecular flexibility index (Phi) is 10.1. The minimum Gasteiger partial charge on any atom is -0.385 e. The number of methoxy groups -OCH3 is 1. The van der Waals surface area contributed by atoms with E-state index in [2.05, 4.69) is 40.7 Å². The number of unbranched alkanes of at least 4 members (excludes halogenated alkanes) is 3. The first-order valence-corrected chi connectivity index (χ1v) is 16.1. The molecule has 4 aliphatic carbocycles. The number of ether oxygens (including phenoxy) is 2. The molecule has 36 heavy (non-hydrogen) atoms. The van der Waals surface area contributed by atoms with Gasteiger partial charge < -0.3 is 9.47 Å². The fourth-order valence-corrected chi connectivity index (χ4v) is 9.75. The van der Waals surface area contributed by atoms with Crippen LogP contribution in [0, 0.1) is 46.3 Å². The van der Waals surface area contributed by atoms with E-state index in [0.717, 1.165) is 48.7 Å². The second kappa shape index (κ2) is 12.7. The van der Waals surface area contributed by atoms with Crippen LogP contribution in [0.3, 0.4) is 0 Å². The number of allylic oxidation sites excluding steroid dienone is 1. The molecule has 0 bridgehead atoms. The van der Waals surface area contributed by atoms with Gasteiger partial charge in [-0.25, -0.2) is 0 Å². The molecule has 2 unspecified atom stereocenters. The van der Waals surface area contributed by atoms with Crippen LogP contribution < -0.4 is 0 Å². The number of rotatable bonds is 13. The zero-order valence-corrected chi connectivity index (χ0v) is 25.0. The molecule has 0 amide bonds. The average molecular weight is 501 g/mol. The maximum atomic E-state index is 6.42. The molecule has 0 aromatic heterocycles. The van der Waals surface area contributed by atoms with Crippen molar-refractivity contribution in [1.82, 2.24) is 0 Å². The van der Waals surface area contributed by atoms with E-state index >= 15 is 0 Å². The van der Waals surface area contributed by atoms with Gasteiger partial charge in [0, 0.05) is 20.3 Å². The van der Waals surface area contributed by atoms with Crippen molar-refractivity contribution in [3.8, 4) is 0 Å². The first kappa shape index (κ1) is 28.7. The monoisotopic (exact) mass is 500 g/mol. The number of fused-ring (bicyclic) bond motifs is 5. The van der Waals surface area contributed by atoms with Gasteiger partial charge in [-0.3, -0.25) is 0 Å². The summed E-state index contributed by atoms with van der Waals surface area (Å²) in [5.41, 5.74) is 2.83. The van der Waals surface area contributed by atoms with Crippen LogP contribution in [0.15, 0.2) is 11.6 Å². The van der Waals surface area contributed by atoms with Crippen molar-refractivity contribution < 1.29 is 9.47 Å². The molecule has 0 aliphatic heterocycles. The van der Waals surface area contributed by atoms with Crippen molar-refractivity contribution in [2.45, 2.75) is 137 Å². The molecule has 0 aromatic rings. The fourth-order valence-electron chi connectivity index (χ4n) is 9.75. The standard InChI is InChI=1S/C34H60O2/c1-25(2)12-11-13-26(3)30-16-17-31-29-15-14-27-24-28(36-23-10-8-7-9-22-35-6)18-20-33(27,4)32(29)19-21-34(30,31)5/h14,25-26,28-32H,7-13,15-24H2,1-6H3/t26-,28+,29+,30-,31?,32?,33+,34-/m1/s1. The Balaban J connectivity index is 1.31. The Morgan fingerprint density at radius 2 is 1.64 bits per heavy atom. The van der Waals surface area contributed by atoms with E-state index in [1.54, 1.807) is 12.7 Å². The molecule has 4 rings (SSSR count). The van der Waals surface area contributed by atoms with Crippen LogP contribution in [-0.4, -0.2) is 26.4 Å². The summed E-state index contributed by atoms with van der Waals surface area (Å²) in [7, 11) is 1.80. The van der Waals surface area contributed by atoms with Crippen molar-refractivity contribution in [3.63, 3.8) is 0 Å². The van der Waals surface area contributed by atoms with E-state index in [1.165, 1.54) is 96.3 Å². The summed E-state index contributed by atoms with van der Waals surface area (Å²) in [6.07, 6.45) is 23.6. The highest BCUT2D eigenvalue weighted by Crippen LogP contribution is 2.67. The highest BCUT2D eigenvalue weighted by molar-refractivity contribution is 5.25. The summed E-state index contributed by atoms with van der Waals surface area (Å²) in [5, 5.41) is 0. The van der Waals surface area contributed by atoms with Gasteiger partial charge in [0.15, 0.2) is 0 Å². The highest BCUT2D eigenvalue weighted by Gasteiger charge is 2.59. The quantitative estimate of drug-likeness (QED) is 0.185. The molecule has 4 aliphatic rings. The normalized spacial score (nSPS) is 38.9. The van der Waals surface area contributed by atoms with Crippen LogP contribution >= 0.6 is 0 Å². The van der Waals surface area contributed by atoms with E-state index in [9.17, 15) is 0 Å². The first-order chi connectivity index (χ1) is 17.3. The second-order valence-corrected chi connectivity index (χ2v) is 14.4. The van der Waals surface area contributed by atoms with E-state index < -0.39 is 0 Å². The molecule has 8 atom stereocenters. The Hall–Kier alpha value is -0.340. The zero-order chi connectivity index (χ0) is 25.8. The first-order valence-electron chi connectivity index (χ1n) is 16.1. The van der Waals surface area contributed by atoms with Gasteiger partial charge in [-0.15, -0.1) is 0 Å². The third-order valence-corrected chi connectivity index (χ3v) is 11.9. The lowest BCUT2D eigenvalue weighted by Crippen LogP contribution is -2.51. The van der Waals surface area contributed by atoms with Gasteiger partial charge in [-0.1, -0.05) is 78.4 Å². The maximum absolute atomic E-state index is 6.42. The Labute approximate surface area is 224 Å². The van der Waals surface area contributed by atoms with E-state index in [-0.39, 0.29) is 0 Å². The molecule has 0 spiro atoms. The largest absolute Gasteiger partial charge is 0.385 e. The SMILES string of the molecule is COCCCCCCO[C@H]1CC[C@@]2(C)C(=CC[C@@H]3C2CC[C@@]2(C)C3CC[C@@H]2[C@H](C)CCCC(C)C)C1. The molecule has 0 radical (unpaired) electrons. The summed E-state index contributed by atoms with van der Waals surface area (Å²) in [6, 6.07) is 0. The maximum Gasteiger partial charge on any atom is 0.0612 e. The van der Waals surface area contributed by atoms with Crippen molar-refractivity contribution in [3.05, 3.63) is 11.6 Å². The molecular formula is C34H60O2.